The zero-order chi connectivity index (χ0) is 13.9. The summed E-state index contributed by atoms with van der Waals surface area (Å²) < 4.78 is 0. The van der Waals surface area contributed by atoms with Gasteiger partial charge in [0.05, 0.1) is 12.0 Å². The van der Waals surface area contributed by atoms with Crippen LogP contribution in [0, 0.1) is 0 Å². The van der Waals surface area contributed by atoms with Crippen molar-refractivity contribution in [2.45, 2.75) is 18.9 Å². The van der Waals surface area contributed by atoms with Gasteiger partial charge in [0.25, 0.3) is 0 Å². The number of para-hydroxylation sites is 1. The highest BCUT2D eigenvalue weighted by Gasteiger charge is 2.28. The lowest BCUT2D eigenvalue weighted by Crippen LogP contribution is -2.32. The molecule has 1 aliphatic rings. The molecule has 3 rings (SSSR count). The summed E-state index contributed by atoms with van der Waals surface area (Å²) in [5.41, 5.74) is 3.14. The van der Waals surface area contributed by atoms with E-state index in [1.807, 2.05) is 43.3 Å². The number of hydrogen-bond donors (Lipinski definition) is 2. The number of benzene rings is 1. The van der Waals surface area contributed by atoms with Crippen molar-refractivity contribution in [3.8, 4) is 0 Å². The number of aromatic nitrogens is 1. The zero-order valence-electron chi connectivity index (χ0n) is 11.3. The SMILES string of the molecule is C[C@H](NC(=O)C1CNc2ccccc21)c1cccnc1. The molecule has 0 spiro atoms. The van der Waals surface area contributed by atoms with Crippen LogP contribution in [0.2, 0.25) is 0 Å². The fourth-order valence-corrected chi connectivity index (χ4v) is 2.55. The van der Waals surface area contributed by atoms with Crippen molar-refractivity contribution in [3.05, 3.63) is 59.9 Å². The van der Waals surface area contributed by atoms with Crippen LogP contribution in [-0.4, -0.2) is 17.4 Å². The number of amides is 1. The molecule has 0 saturated carbocycles. The second kappa shape index (κ2) is 5.33. The van der Waals surface area contributed by atoms with Gasteiger partial charge in [-0.05, 0) is 30.2 Å². The van der Waals surface area contributed by atoms with E-state index in [1.54, 1.807) is 12.4 Å². The summed E-state index contributed by atoms with van der Waals surface area (Å²) in [6.07, 6.45) is 3.51. The smallest absolute Gasteiger partial charge is 0.229 e. The predicted octanol–water partition coefficient (Wildman–Crippen LogP) is 2.47. The molecule has 1 aliphatic heterocycles. The van der Waals surface area contributed by atoms with Crippen LogP contribution in [0.15, 0.2) is 48.8 Å². The lowest BCUT2D eigenvalue weighted by Gasteiger charge is -2.17. The Morgan fingerprint density at radius 3 is 3.00 bits per heavy atom. The van der Waals surface area contributed by atoms with Crippen molar-refractivity contribution >= 4 is 11.6 Å². The summed E-state index contributed by atoms with van der Waals surface area (Å²) in [7, 11) is 0. The zero-order valence-corrected chi connectivity index (χ0v) is 11.3. The third kappa shape index (κ3) is 2.37. The number of carbonyl (C=O) groups is 1. The molecule has 0 saturated heterocycles. The average molecular weight is 267 g/mol. The third-order valence-corrected chi connectivity index (χ3v) is 3.69. The summed E-state index contributed by atoms with van der Waals surface area (Å²) in [5, 5.41) is 6.33. The van der Waals surface area contributed by atoms with Gasteiger partial charge in [0.15, 0.2) is 0 Å². The number of carbonyl (C=O) groups excluding carboxylic acids is 1. The lowest BCUT2D eigenvalue weighted by atomic mass is 10.00. The fraction of sp³-hybridized carbons (Fsp3) is 0.250. The Labute approximate surface area is 118 Å². The summed E-state index contributed by atoms with van der Waals surface area (Å²) in [5.74, 6) is -0.0656. The van der Waals surface area contributed by atoms with Gasteiger partial charge in [-0.1, -0.05) is 24.3 Å². The molecular formula is C16H17N3O. The lowest BCUT2D eigenvalue weighted by molar-refractivity contribution is -0.122. The van der Waals surface area contributed by atoms with Crippen LogP contribution in [0.5, 0.6) is 0 Å². The van der Waals surface area contributed by atoms with Gasteiger partial charge in [-0.25, -0.2) is 0 Å². The first-order valence-corrected chi connectivity index (χ1v) is 6.79. The van der Waals surface area contributed by atoms with Gasteiger partial charge in [-0.2, -0.15) is 0 Å². The molecule has 102 valence electrons. The van der Waals surface area contributed by atoms with E-state index in [4.69, 9.17) is 0 Å². The minimum atomic E-state index is -0.120. The average Bonchev–Trinajstić information content (AvgIpc) is 2.92. The molecule has 2 heterocycles. The molecule has 2 aromatic rings. The van der Waals surface area contributed by atoms with Crippen molar-refractivity contribution < 1.29 is 4.79 Å². The summed E-state index contributed by atoms with van der Waals surface area (Å²) in [6.45, 7) is 2.63. The number of fused-ring (bicyclic) bond motifs is 1. The quantitative estimate of drug-likeness (QED) is 0.898. The molecule has 4 nitrogen and oxygen atoms in total. The Morgan fingerprint density at radius 2 is 2.20 bits per heavy atom. The van der Waals surface area contributed by atoms with E-state index in [0.29, 0.717) is 6.54 Å². The fourth-order valence-electron chi connectivity index (χ4n) is 2.55. The molecule has 1 aromatic carbocycles. The van der Waals surface area contributed by atoms with E-state index in [2.05, 4.69) is 15.6 Å². The molecular weight excluding hydrogens is 250 g/mol. The molecule has 0 aliphatic carbocycles. The standard InChI is InChI=1S/C16H17N3O/c1-11(12-5-4-8-17-9-12)19-16(20)14-10-18-15-7-3-2-6-13(14)15/h2-9,11,14,18H,10H2,1H3,(H,19,20)/t11-,14?/m0/s1. The number of nitrogens with one attached hydrogen (secondary N) is 2. The van der Waals surface area contributed by atoms with Crippen LogP contribution in [0.4, 0.5) is 5.69 Å². The summed E-state index contributed by atoms with van der Waals surface area (Å²) in [6, 6.07) is 11.8. The van der Waals surface area contributed by atoms with E-state index in [9.17, 15) is 4.79 Å². The highest BCUT2D eigenvalue weighted by molar-refractivity contribution is 5.88. The first-order valence-electron chi connectivity index (χ1n) is 6.79. The van der Waals surface area contributed by atoms with E-state index < -0.39 is 0 Å². The Hall–Kier alpha value is -2.36. The van der Waals surface area contributed by atoms with Gasteiger partial charge in [0, 0.05) is 24.6 Å². The third-order valence-electron chi connectivity index (χ3n) is 3.69. The van der Waals surface area contributed by atoms with E-state index in [0.717, 1.165) is 16.8 Å². The van der Waals surface area contributed by atoms with Crippen molar-refractivity contribution in [1.29, 1.82) is 0 Å². The first-order chi connectivity index (χ1) is 9.75. The normalized spacial score (nSPS) is 17.9. The Morgan fingerprint density at radius 1 is 1.35 bits per heavy atom. The van der Waals surface area contributed by atoms with E-state index >= 15 is 0 Å². The van der Waals surface area contributed by atoms with Gasteiger partial charge in [-0.15, -0.1) is 0 Å². The van der Waals surface area contributed by atoms with Crippen LogP contribution in [-0.2, 0) is 4.79 Å². The van der Waals surface area contributed by atoms with Crippen LogP contribution in [0.3, 0.4) is 0 Å². The number of pyridine rings is 1. The van der Waals surface area contributed by atoms with Gasteiger partial charge >= 0.3 is 0 Å². The highest BCUT2D eigenvalue weighted by atomic mass is 16.2. The van der Waals surface area contributed by atoms with Crippen molar-refractivity contribution in [1.82, 2.24) is 10.3 Å². The number of hydrogen-bond acceptors (Lipinski definition) is 3. The van der Waals surface area contributed by atoms with Crippen LogP contribution in [0.25, 0.3) is 0 Å². The Balaban J connectivity index is 1.72. The van der Waals surface area contributed by atoms with Crippen molar-refractivity contribution in [3.63, 3.8) is 0 Å². The monoisotopic (exact) mass is 267 g/mol. The minimum absolute atomic E-state index is 0.0380. The number of nitrogens with zero attached hydrogens (tertiary/aromatic N) is 1. The largest absolute Gasteiger partial charge is 0.384 e. The highest BCUT2D eigenvalue weighted by Crippen LogP contribution is 2.31. The molecule has 0 radical (unpaired) electrons. The molecule has 0 bridgehead atoms. The summed E-state index contributed by atoms with van der Waals surface area (Å²) >= 11 is 0. The number of anilines is 1. The van der Waals surface area contributed by atoms with E-state index in [-0.39, 0.29) is 17.9 Å². The molecule has 2 N–H and O–H groups in total. The maximum atomic E-state index is 12.4. The maximum Gasteiger partial charge on any atom is 0.229 e. The molecule has 1 aromatic heterocycles. The predicted molar refractivity (Wildman–Crippen MR) is 78.5 cm³/mol. The van der Waals surface area contributed by atoms with Crippen molar-refractivity contribution in [2.75, 3.05) is 11.9 Å². The van der Waals surface area contributed by atoms with Crippen molar-refractivity contribution in [2.24, 2.45) is 0 Å². The van der Waals surface area contributed by atoms with Crippen LogP contribution < -0.4 is 10.6 Å². The first kappa shape index (κ1) is 12.7. The molecule has 1 amide bonds. The second-order valence-electron chi connectivity index (χ2n) is 5.04. The molecule has 4 heteroatoms. The van der Waals surface area contributed by atoms with Gasteiger partial charge in [-0.3, -0.25) is 9.78 Å². The second-order valence-corrected chi connectivity index (χ2v) is 5.04. The topological polar surface area (TPSA) is 54.0 Å². The molecule has 1 unspecified atom stereocenters. The van der Waals surface area contributed by atoms with Gasteiger partial charge < -0.3 is 10.6 Å². The van der Waals surface area contributed by atoms with Gasteiger partial charge in [0.2, 0.25) is 5.91 Å². The Kier molecular flexibility index (Phi) is 3.37. The maximum absolute atomic E-state index is 12.4. The summed E-state index contributed by atoms with van der Waals surface area (Å²) in [4.78, 5) is 16.5. The van der Waals surface area contributed by atoms with Gasteiger partial charge in [0.1, 0.15) is 0 Å². The Bertz CT molecular complexity index is 612. The molecule has 0 fully saturated rings. The van der Waals surface area contributed by atoms with E-state index in [1.165, 1.54) is 0 Å². The van der Waals surface area contributed by atoms with Crippen LogP contribution in [0.1, 0.15) is 30.0 Å². The molecule has 2 atom stereocenters. The molecule has 20 heavy (non-hydrogen) atoms. The number of rotatable bonds is 3. The van der Waals surface area contributed by atoms with Crippen LogP contribution >= 0.6 is 0 Å². The minimum Gasteiger partial charge on any atom is -0.384 e.